The van der Waals surface area contributed by atoms with E-state index in [1.165, 1.54) is 42.9 Å². The highest BCUT2D eigenvalue weighted by atomic mass is 35.5. The first-order valence-corrected chi connectivity index (χ1v) is 17.8. The molecule has 0 aliphatic rings. The van der Waals surface area contributed by atoms with Gasteiger partial charge in [0.1, 0.15) is 29.0 Å². The number of nitrogens with two attached hydrogens (primary N) is 1. The predicted molar refractivity (Wildman–Crippen MR) is 212 cm³/mol. The lowest BCUT2D eigenvalue weighted by Gasteiger charge is -2.12. The summed E-state index contributed by atoms with van der Waals surface area (Å²) in [4.78, 5) is 21.6. The van der Waals surface area contributed by atoms with Crippen molar-refractivity contribution in [1.29, 1.82) is 0 Å². The molecule has 4 aromatic carbocycles. The molecule has 0 spiro atoms. The Labute approximate surface area is 335 Å². The summed E-state index contributed by atoms with van der Waals surface area (Å²) in [5.74, 6) is -0.876. The first kappa shape index (κ1) is 37.4. The lowest BCUT2D eigenvalue weighted by molar-refractivity contribution is -0.592. The van der Waals surface area contributed by atoms with Crippen molar-refractivity contribution in [3.63, 3.8) is 0 Å². The number of fused-ring (bicyclic) bond motifs is 2. The van der Waals surface area contributed by atoms with Crippen LogP contribution in [0.1, 0.15) is 0 Å². The zero-order valence-corrected chi connectivity index (χ0v) is 31.5. The molecule has 0 saturated carbocycles. The summed E-state index contributed by atoms with van der Waals surface area (Å²) >= 11 is 37.7. The van der Waals surface area contributed by atoms with Crippen LogP contribution in [0, 0.1) is 16.8 Å². The summed E-state index contributed by atoms with van der Waals surface area (Å²) in [5, 5.41) is 15.7. The van der Waals surface area contributed by atoms with Gasteiger partial charge in [-0.2, -0.15) is 4.73 Å². The van der Waals surface area contributed by atoms with Gasteiger partial charge in [0.05, 0.1) is 52.8 Å². The van der Waals surface area contributed by atoms with Crippen molar-refractivity contribution in [3.8, 4) is 45.0 Å². The van der Waals surface area contributed by atoms with Crippen LogP contribution < -0.4 is 10.5 Å². The summed E-state index contributed by atoms with van der Waals surface area (Å²) in [5.41, 5.74) is 10.3. The summed E-state index contributed by atoms with van der Waals surface area (Å²) in [6, 6.07) is 21.5. The maximum absolute atomic E-state index is 13.4. The number of benzene rings is 4. The smallest absolute Gasteiger partial charge is 0.253 e. The van der Waals surface area contributed by atoms with Gasteiger partial charge in [-0.3, -0.25) is 4.98 Å². The van der Waals surface area contributed by atoms with Gasteiger partial charge in [-0.25, -0.2) is 28.7 Å². The Morgan fingerprint density at radius 2 is 1.11 bits per heavy atom. The fourth-order valence-corrected chi connectivity index (χ4v) is 7.44. The van der Waals surface area contributed by atoms with Gasteiger partial charge in [-0.05, 0) is 66.7 Å². The van der Waals surface area contributed by atoms with Crippen molar-refractivity contribution in [2.45, 2.75) is 0 Å². The Hall–Kier alpha value is -4.94. The van der Waals surface area contributed by atoms with E-state index in [0.717, 1.165) is 0 Å². The fourth-order valence-electron chi connectivity index (χ4n) is 5.78. The van der Waals surface area contributed by atoms with E-state index in [0.29, 0.717) is 86.0 Å². The topological polar surface area (TPSA) is 117 Å². The highest BCUT2D eigenvalue weighted by Crippen LogP contribution is 2.41. The summed E-state index contributed by atoms with van der Waals surface area (Å²) in [6.45, 7) is 0. The van der Waals surface area contributed by atoms with Crippen LogP contribution in [0.25, 0.3) is 66.8 Å². The van der Waals surface area contributed by atoms with Gasteiger partial charge in [-0.1, -0.05) is 81.7 Å². The molecule has 0 unspecified atom stereocenters. The van der Waals surface area contributed by atoms with E-state index in [-0.39, 0.29) is 21.7 Å². The highest BCUT2D eigenvalue weighted by Gasteiger charge is 2.24. The zero-order valence-electron chi connectivity index (χ0n) is 27.0. The quantitative estimate of drug-likeness (QED) is 0.138. The third kappa shape index (κ3) is 7.16. The van der Waals surface area contributed by atoms with Crippen LogP contribution in [0.4, 0.5) is 14.7 Å². The average molecular weight is 840 g/mol. The normalized spacial score (nSPS) is 11.1. The minimum Gasteiger partial charge on any atom is -0.618 e. The van der Waals surface area contributed by atoms with Gasteiger partial charge in [0, 0.05) is 39.7 Å². The van der Waals surface area contributed by atoms with Crippen molar-refractivity contribution in [3.05, 3.63) is 151 Å². The third-order valence-corrected chi connectivity index (χ3v) is 9.99. The maximum atomic E-state index is 13.4. The van der Waals surface area contributed by atoms with Gasteiger partial charge in [0.25, 0.3) is 5.69 Å². The Kier molecular flexibility index (Phi) is 10.7. The van der Waals surface area contributed by atoms with E-state index in [1.54, 1.807) is 60.8 Å². The van der Waals surface area contributed by atoms with Crippen LogP contribution >= 0.6 is 69.6 Å². The lowest BCUT2D eigenvalue weighted by atomic mass is 10.0. The zero-order chi connectivity index (χ0) is 38.3. The maximum Gasteiger partial charge on any atom is 0.253 e. The first-order chi connectivity index (χ1) is 25.9. The molecule has 16 heteroatoms. The first-order valence-electron chi connectivity index (χ1n) is 15.5. The number of nitrogens with zero attached hydrogens (tertiary/aromatic N) is 6. The number of halogens is 8. The standard InChI is InChI=1S/C19H10Cl3FN4.C19H9Cl3FN3O/c20-12-2-1-3-13(21)15(12)18-17-11(6-7-25-18)16(26-19(24)27-17)10-5-4-9(23)8-14(10)22;20-13-2-1-3-14(21)16(13)19-18-12(6-7-26(19)27)17(24-9-25-18)11-5-4-10(23)8-15(11)22/h1-8H,(H2,24,26,27);1-9H. The molecule has 0 aliphatic carbocycles. The molecule has 4 aromatic heterocycles. The van der Waals surface area contributed by atoms with Crippen molar-refractivity contribution in [2.24, 2.45) is 0 Å². The third-order valence-electron chi connectivity index (χ3n) is 8.11. The van der Waals surface area contributed by atoms with Gasteiger partial charge in [0.15, 0.2) is 6.20 Å². The van der Waals surface area contributed by atoms with E-state index in [4.69, 9.17) is 75.3 Å². The molecule has 8 rings (SSSR count). The van der Waals surface area contributed by atoms with Crippen LogP contribution in [-0.4, -0.2) is 24.9 Å². The van der Waals surface area contributed by atoms with Gasteiger partial charge >= 0.3 is 0 Å². The summed E-state index contributed by atoms with van der Waals surface area (Å²) in [6.07, 6.45) is 4.23. The number of hydrogen-bond donors (Lipinski definition) is 1. The second kappa shape index (κ2) is 15.4. The Bertz CT molecular complexity index is 2730. The number of nitrogen functional groups attached to an aromatic ring is 1. The Morgan fingerprint density at radius 1 is 0.556 bits per heavy atom. The van der Waals surface area contributed by atoms with Gasteiger partial charge < -0.3 is 10.9 Å². The van der Waals surface area contributed by atoms with Crippen molar-refractivity contribution in [1.82, 2.24) is 24.9 Å². The van der Waals surface area contributed by atoms with Crippen molar-refractivity contribution >= 4 is 97.4 Å². The number of anilines is 1. The summed E-state index contributed by atoms with van der Waals surface area (Å²) < 4.78 is 27.5. The van der Waals surface area contributed by atoms with Gasteiger partial charge in [-0.15, -0.1) is 0 Å². The Balaban J connectivity index is 0.000000167. The molecular formula is C38H19Cl6F2N7O. The second-order valence-electron chi connectivity index (χ2n) is 11.4. The molecule has 8 nitrogen and oxygen atoms in total. The monoisotopic (exact) mass is 837 g/mol. The predicted octanol–water partition coefficient (Wildman–Crippen LogP) is 11.7. The average Bonchev–Trinajstić information content (AvgIpc) is 3.12. The Morgan fingerprint density at radius 3 is 1.70 bits per heavy atom. The molecular weight excluding hydrogens is 821 g/mol. The van der Waals surface area contributed by atoms with Crippen LogP contribution in [0.5, 0.6) is 0 Å². The molecule has 8 aromatic rings. The number of pyridine rings is 2. The molecule has 0 saturated heterocycles. The van der Waals surface area contributed by atoms with E-state index in [9.17, 15) is 14.0 Å². The number of hydrogen-bond acceptors (Lipinski definition) is 7. The van der Waals surface area contributed by atoms with E-state index < -0.39 is 11.6 Å². The molecule has 0 atom stereocenters. The SMILES string of the molecule is Nc1nc(-c2ccc(F)cc2Cl)c2ccnc(-c3c(Cl)cccc3Cl)c2n1.[O-][n+]1ccc2c(-c3ccc(F)cc3Cl)ncnc2c1-c1c(Cl)cccc1Cl. The molecule has 4 heterocycles. The van der Waals surface area contributed by atoms with Crippen LogP contribution in [0.2, 0.25) is 30.1 Å². The molecule has 54 heavy (non-hydrogen) atoms. The number of aromatic nitrogens is 6. The highest BCUT2D eigenvalue weighted by molar-refractivity contribution is 6.40. The van der Waals surface area contributed by atoms with E-state index in [1.807, 2.05) is 0 Å². The van der Waals surface area contributed by atoms with Crippen LogP contribution in [0.15, 0.2) is 104 Å². The van der Waals surface area contributed by atoms with Crippen LogP contribution in [-0.2, 0) is 0 Å². The molecule has 2 N–H and O–H groups in total. The van der Waals surface area contributed by atoms with Crippen molar-refractivity contribution < 1.29 is 13.5 Å². The van der Waals surface area contributed by atoms with E-state index in [2.05, 4.69) is 24.9 Å². The van der Waals surface area contributed by atoms with Crippen LogP contribution in [0.3, 0.4) is 0 Å². The minimum atomic E-state index is -0.456. The molecule has 0 radical (unpaired) electrons. The molecule has 0 fully saturated rings. The lowest BCUT2D eigenvalue weighted by Crippen LogP contribution is -2.29. The fraction of sp³-hybridized carbons (Fsp3) is 0. The van der Waals surface area contributed by atoms with Gasteiger partial charge in [0.2, 0.25) is 5.95 Å². The molecule has 268 valence electrons. The van der Waals surface area contributed by atoms with Crippen molar-refractivity contribution in [2.75, 3.05) is 5.73 Å². The van der Waals surface area contributed by atoms with E-state index >= 15 is 0 Å². The molecule has 0 amide bonds. The summed E-state index contributed by atoms with van der Waals surface area (Å²) in [7, 11) is 0. The molecule has 0 bridgehead atoms. The second-order valence-corrected chi connectivity index (χ2v) is 13.8. The molecule has 0 aliphatic heterocycles. The largest absolute Gasteiger partial charge is 0.618 e. The minimum absolute atomic E-state index is 0.0234. The number of rotatable bonds is 4.